The Morgan fingerprint density at radius 1 is 0.661 bits per heavy atom. The molecule has 0 saturated heterocycles. The number of hydrogen-bond acceptors (Lipinski definition) is 11. The number of hydrogen-bond donors (Lipinski definition) is 0. The van der Waals surface area contributed by atoms with Crippen LogP contribution in [0, 0.1) is 17.2 Å². The molecule has 0 spiro atoms. The minimum Gasteiger partial charge on any atom is -0.493 e. The minimum atomic E-state index is -1.48. The molecule has 3 aromatic carbocycles. The molecule has 0 atom stereocenters. The standard InChI is InChI=1S/C50H59FO11/c1-8-9-10-11-36-12-14-37(15-13-36)39-18-22-42(44(51)26-39)40-19-23-43(45(27-40)62-49(57)33(4)5)38-16-20-41(21-17-38)58-28-50(31-61-48(56)32(2)3,29-59-46(54)24-34(6)52)30-60-47(55)25-35(7)53/h16-23,26-27,36-37H,2,4,8-15,24-25,28-31H2,1,3,5-7H3. The zero-order valence-electron chi connectivity index (χ0n) is 36.6. The SMILES string of the molecule is C=C(C)C(=O)OCC(COC(=O)CC(C)=O)(COC(=O)CC(C)=O)COc1ccc(-c2ccc(-c3ccc(C4CCC(CCCCC)CC4)cc3F)cc2OC(=O)C(=C)C)cc1. The summed E-state index contributed by atoms with van der Waals surface area (Å²) in [6, 6.07) is 17.2. The highest BCUT2D eigenvalue weighted by Crippen LogP contribution is 2.40. The van der Waals surface area contributed by atoms with Gasteiger partial charge in [0.25, 0.3) is 0 Å². The van der Waals surface area contributed by atoms with Crippen LogP contribution in [-0.4, -0.2) is 61.9 Å². The Bertz CT molecular complexity index is 2080. The number of esters is 4. The summed E-state index contributed by atoms with van der Waals surface area (Å²) < 4.78 is 43.9. The average molecular weight is 855 g/mol. The maximum Gasteiger partial charge on any atom is 0.338 e. The molecular weight excluding hydrogens is 796 g/mol. The van der Waals surface area contributed by atoms with E-state index in [1.54, 1.807) is 54.6 Å². The van der Waals surface area contributed by atoms with Crippen molar-refractivity contribution in [3.8, 4) is 33.8 Å². The molecule has 11 nitrogen and oxygen atoms in total. The molecule has 4 rings (SSSR count). The Balaban J connectivity index is 1.58. The molecule has 1 saturated carbocycles. The van der Waals surface area contributed by atoms with Gasteiger partial charge in [0.15, 0.2) is 0 Å². The second-order valence-electron chi connectivity index (χ2n) is 16.6. The van der Waals surface area contributed by atoms with Crippen molar-refractivity contribution in [2.24, 2.45) is 11.3 Å². The van der Waals surface area contributed by atoms with Crippen molar-refractivity contribution in [3.63, 3.8) is 0 Å². The smallest absolute Gasteiger partial charge is 0.338 e. The lowest BCUT2D eigenvalue weighted by Gasteiger charge is -2.32. The van der Waals surface area contributed by atoms with Crippen LogP contribution in [0.15, 0.2) is 85.0 Å². The van der Waals surface area contributed by atoms with Crippen molar-refractivity contribution in [1.29, 1.82) is 0 Å². The molecule has 12 heteroatoms. The largest absolute Gasteiger partial charge is 0.493 e. The molecule has 0 aliphatic heterocycles. The molecule has 0 radical (unpaired) electrons. The van der Waals surface area contributed by atoms with Gasteiger partial charge in [0.05, 0.1) is 0 Å². The van der Waals surface area contributed by atoms with Gasteiger partial charge in [-0.3, -0.25) is 19.2 Å². The van der Waals surface area contributed by atoms with E-state index in [4.69, 9.17) is 23.7 Å². The van der Waals surface area contributed by atoms with Gasteiger partial charge in [-0.1, -0.05) is 82.2 Å². The first-order valence-electron chi connectivity index (χ1n) is 21.2. The monoisotopic (exact) mass is 854 g/mol. The maximum atomic E-state index is 15.9. The van der Waals surface area contributed by atoms with Gasteiger partial charge >= 0.3 is 23.9 Å². The van der Waals surface area contributed by atoms with Crippen molar-refractivity contribution >= 4 is 35.4 Å². The third-order valence-electron chi connectivity index (χ3n) is 10.8. The Kier molecular flexibility index (Phi) is 18.4. The van der Waals surface area contributed by atoms with Gasteiger partial charge in [-0.05, 0) is 106 Å². The van der Waals surface area contributed by atoms with E-state index in [0.717, 1.165) is 37.2 Å². The quantitative estimate of drug-likeness (QED) is 0.0224. The summed E-state index contributed by atoms with van der Waals surface area (Å²) in [4.78, 5) is 73.3. The topological polar surface area (TPSA) is 149 Å². The Labute approximate surface area is 364 Å². The van der Waals surface area contributed by atoms with Crippen LogP contribution < -0.4 is 9.47 Å². The summed E-state index contributed by atoms with van der Waals surface area (Å²) in [7, 11) is 0. The first-order chi connectivity index (χ1) is 29.5. The van der Waals surface area contributed by atoms with E-state index in [0.29, 0.717) is 33.9 Å². The highest BCUT2D eigenvalue weighted by molar-refractivity contribution is 5.95. The van der Waals surface area contributed by atoms with Gasteiger partial charge in [-0.15, -0.1) is 0 Å². The molecule has 0 heterocycles. The van der Waals surface area contributed by atoms with Crippen LogP contribution in [-0.2, 0) is 43.0 Å². The van der Waals surface area contributed by atoms with Crippen LogP contribution in [0.25, 0.3) is 22.3 Å². The van der Waals surface area contributed by atoms with E-state index < -0.39 is 73.5 Å². The van der Waals surface area contributed by atoms with E-state index in [2.05, 4.69) is 20.1 Å². The van der Waals surface area contributed by atoms with Crippen molar-refractivity contribution in [1.82, 2.24) is 0 Å². The zero-order chi connectivity index (χ0) is 45.4. The lowest BCUT2D eigenvalue weighted by atomic mass is 9.77. The third-order valence-corrected chi connectivity index (χ3v) is 10.8. The van der Waals surface area contributed by atoms with E-state index >= 15 is 4.39 Å². The second-order valence-corrected chi connectivity index (χ2v) is 16.6. The van der Waals surface area contributed by atoms with E-state index in [1.807, 2.05) is 6.07 Å². The molecule has 0 amide bonds. The van der Waals surface area contributed by atoms with Crippen molar-refractivity contribution in [2.75, 3.05) is 26.4 Å². The lowest BCUT2D eigenvalue weighted by Crippen LogP contribution is -2.44. The van der Waals surface area contributed by atoms with Crippen molar-refractivity contribution in [3.05, 3.63) is 96.3 Å². The highest BCUT2D eigenvalue weighted by Gasteiger charge is 2.38. The summed E-state index contributed by atoms with van der Waals surface area (Å²) in [6.07, 6.45) is 8.43. The van der Waals surface area contributed by atoms with Gasteiger partial charge < -0.3 is 23.7 Å². The highest BCUT2D eigenvalue weighted by atomic mass is 19.1. The van der Waals surface area contributed by atoms with Gasteiger partial charge in [0.2, 0.25) is 0 Å². The molecule has 0 unspecified atom stereocenters. The molecular formula is C50H59FO11. The number of carbonyl (C=O) groups excluding carboxylic acids is 6. The number of Topliss-reactive ketones (excluding diaryl/α,β-unsaturated/α-hetero) is 2. The third kappa shape index (κ3) is 14.9. The summed E-state index contributed by atoms with van der Waals surface area (Å²) in [5.41, 5.74) is 1.83. The first-order valence-corrected chi connectivity index (χ1v) is 21.2. The number of benzene rings is 3. The van der Waals surface area contributed by atoms with Gasteiger partial charge in [0, 0.05) is 22.3 Å². The normalized spacial score (nSPS) is 14.9. The fourth-order valence-corrected chi connectivity index (χ4v) is 7.22. The molecule has 0 N–H and O–H groups in total. The van der Waals surface area contributed by atoms with Crippen LogP contribution in [0.4, 0.5) is 4.39 Å². The van der Waals surface area contributed by atoms with Crippen LogP contribution in [0.2, 0.25) is 0 Å². The summed E-state index contributed by atoms with van der Waals surface area (Å²) in [5, 5.41) is 0. The Morgan fingerprint density at radius 2 is 1.23 bits per heavy atom. The number of unbranched alkanes of at least 4 members (excludes halogenated alkanes) is 2. The van der Waals surface area contributed by atoms with E-state index in [-0.39, 0.29) is 29.3 Å². The molecule has 1 aliphatic rings. The molecule has 0 aromatic heterocycles. The van der Waals surface area contributed by atoms with Gasteiger partial charge in [0.1, 0.15) is 73.6 Å². The number of halogens is 1. The number of carbonyl (C=O) groups is 6. The second kappa shape index (κ2) is 23.3. The van der Waals surface area contributed by atoms with Gasteiger partial charge in [-0.2, -0.15) is 0 Å². The number of ether oxygens (including phenoxy) is 5. The zero-order valence-corrected chi connectivity index (χ0v) is 36.6. The van der Waals surface area contributed by atoms with Crippen molar-refractivity contribution in [2.45, 2.75) is 105 Å². The Morgan fingerprint density at radius 3 is 1.77 bits per heavy atom. The maximum absolute atomic E-state index is 15.9. The number of rotatable bonds is 23. The molecule has 1 aliphatic carbocycles. The summed E-state index contributed by atoms with van der Waals surface area (Å²) in [5.74, 6) is -2.79. The molecule has 332 valence electrons. The average Bonchev–Trinajstić information content (AvgIpc) is 3.23. The van der Waals surface area contributed by atoms with Gasteiger partial charge in [-0.25, -0.2) is 14.0 Å². The fourth-order valence-electron chi connectivity index (χ4n) is 7.22. The Hall–Kier alpha value is -5.91. The van der Waals surface area contributed by atoms with Crippen LogP contribution >= 0.6 is 0 Å². The predicted molar refractivity (Wildman–Crippen MR) is 233 cm³/mol. The minimum absolute atomic E-state index is 0.0857. The first kappa shape index (κ1) is 48.8. The summed E-state index contributed by atoms with van der Waals surface area (Å²) in [6.45, 7) is 13.2. The van der Waals surface area contributed by atoms with Crippen molar-refractivity contribution < 1.29 is 56.8 Å². The molecule has 62 heavy (non-hydrogen) atoms. The van der Waals surface area contributed by atoms with E-state index in [9.17, 15) is 28.8 Å². The van der Waals surface area contributed by atoms with Crippen LogP contribution in [0.3, 0.4) is 0 Å². The molecule has 1 fully saturated rings. The predicted octanol–water partition coefficient (Wildman–Crippen LogP) is 10.0. The molecule has 0 bridgehead atoms. The lowest BCUT2D eigenvalue weighted by molar-refractivity contribution is -0.163. The van der Waals surface area contributed by atoms with Crippen LogP contribution in [0.1, 0.15) is 110 Å². The molecule has 3 aromatic rings. The number of ketones is 2. The van der Waals surface area contributed by atoms with Crippen LogP contribution in [0.5, 0.6) is 11.5 Å². The summed E-state index contributed by atoms with van der Waals surface area (Å²) >= 11 is 0. The fraction of sp³-hybridized carbons (Fsp3) is 0.440. The van der Waals surface area contributed by atoms with E-state index in [1.165, 1.54) is 53.4 Å².